The van der Waals surface area contributed by atoms with Crippen LogP contribution < -0.4 is 10.6 Å². The van der Waals surface area contributed by atoms with Crippen LogP contribution in [-0.4, -0.2) is 36.1 Å². The Morgan fingerprint density at radius 3 is 2.14 bits per heavy atom. The lowest BCUT2D eigenvalue weighted by molar-refractivity contribution is -0.162. The van der Waals surface area contributed by atoms with Crippen molar-refractivity contribution >= 4 is 11.9 Å². The summed E-state index contributed by atoms with van der Waals surface area (Å²) in [5.41, 5.74) is -1.27. The van der Waals surface area contributed by atoms with E-state index in [0.717, 1.165) is 0 Å². The Kier molecular flexibility index (Phi) is 7.93. The van der Waals surface area contributed by atoms with E-state index in [1.807, 2.05) is 34.6 Å². The molecule has 1 amide bonds. The lowest BCUT2D eigenvalue weighted by Gasteiger charge is -2.31. The molecule has 0 aromatic heterocycles. The number of hydrogen-bond donors (Lipinski definition) is 2. The van der Waals surface area contributed by atoms with E-state index >= 15 is 0 Å². The average molecular weight is 300 g/mol. The van der Waals surface area contributed by atoms with Crippen molar-refractivity contribution in [3.63, 3.8) is 0 Å². The van der Waals surface area contributed by atoms with E-state index in [2.05, 4.69) is 24.5 Å². The van der Waals surface area contributed by atoms with Gasteiger partial charge in [0.05, 0.1) is 0 Å². The van der Waals surface area contributed by atoms with Crippen LogP contribution >= 0.6 is 0 Å². The van der Waals surface area contributed by atoms with Gasteiger partial charge in [-0.1, -0.05) is 20.8 Å². The maximum absolute atomic E-state index is 12.2. The number of ether oxygens (including phenoxy) is 1. The van der Waals surface area contributed by atoms with Crippen molar-refractivity contribution in [1.29, 1.82) is 0 Å². The summed E-state index contributed by atoms with van der Waals surface area (Å²) in [4.78, 5) is 23.9. The van der Waals surface area contributed by atoms with Gasteiger partial charge < -0.3 is 15.4 Å². The number of amides is 1. The highest BCUT2D eigenvalue weighted by Crippen LogP contribution is 2.17. The molecule has 0 bridgehead atoms. The third kappa shape index (κ3) is 8.71. The average Bonchev–Trinajstić information content (AvgIpc) is 2.34. The quantitative estimate of drug-likeness (QED) is 0.675. The van der Waals surface area contributed by atoms with Crippen LogP contribution in [0.5, 0.6) is 0 Å². The fraction of sp³-hybridized carbons (Fsp3) is 0.875. The normalized spacial score (nSPS) is 14.7. The molecule has 1 unspecified atom stereocenters. The minimum absolute atomic E-state index is 0.00107. The molecular formula is C16H32N2O3. The van der Waals surface area contributed by atoms with Gasteiger partial charge in [0.25, 0.3) is 0 Å². The van der Waals surface area contributed by atoms with Gasteiger partial charge in [0.2, 0.25) is 5.91 Å². The monoisotopic (exact) mass is 300 g/mol. The summed E-state index contributed by atoms with van der Waals surface area (Å²) in [7, 11) is 0. The first-order valence-corrected chi connectivity index (χ1v) is 7.75. The van der Waals surface area contributed by atoms with E-state index in [0.29, 0.717) is 31.8 Å². The van der Waals surface area contributed by atoms with Gasteiger partial charge in [0, 0.05) is 19.5 Å². The highest BCUT2D eigenvalue weighted by Gasteiger charge is 2.35. The first-order chi connectivity index (χ1) is 9.50. The predicted octanol–water partition coefficient (Wildman–Crippen LogP) is 2.25. The van der Waals surface area contributed by atoms with Gasteiger partial charge in [-0.05, 0) is 40.0 Å². The van der Waals surface area contributed by atoms with Gasteiger partial charge in [0.15, 0.2) is 0 Å². The largest absolute Gasteiger partial charge is 0.459 e. The Morgan fingerprint density at radius 2 is 1.71 bits per heavy atom. The molecule has 21 heavy (non-hydrogen) atoms. The third-order valence-corrected chi connectivity index (χ3v) is 3.13. The second kappa shape index (κ2) is 8.37. The number of esters is 1. The van der Waals surface area contributed by atoms with Crippen molar-refractivity contribution in [1.82, 2.24) is 10.6 Å². The SMILES string of the molecule is CCC(C)(NCCC(=O)NCC(C)C)C(=O)OC(C)(C)C. The molecule has 0 aromatic rings. The lowest BCUT2D eigenvalue weighted by Crippen LogP contribution is -2.52. The van der Waals surface area contributed by atoms with Crippen LogP contribution in [0.1, 0.15) is 61.3 Å². The van der Waals surface area contributed by atoms with Gasteiger partial charge in [-0.15, -0.1) is 0 Å². The molecule has 0 aliphatic heterocycles. The van der Waals surface area contributed by atoms with Crippen LogP contribution in [0.2, 0.25) is 0 Å². The molecule has 0 radical (unpaired) electrons. The summed E-state index contributed by atoms with van der Waals surface area (Å²) < 4.78 is 5.43. The van der Waals surface area contributed by atoms with Crippen molar-refractivity contribution < 1.29 is 14.3 Å². The Hall–Kier alpha value is -1.10. The number of rotatable bonds is 8. The summed E-state index contributed by atoms with van der Waals surface area (Å²) >= 11 is 0. The topological polar surface area (TPSA) is 67.4 Å². The second-order valence-corrected chi connectivity index (χ2v) is 7.06. The highest BCUT2D eigenvalue weighted by molar-refractivity contribution is 5.81. The molecule has 5 heteroatoms. The first-order valence-electron chi connectivity index (χ1n) is 7.75. The molecule has 0 saturated carbocycles. The summed E-state index contributed by atoms with van der Waals surface area (Å²) in [6.07, 6.45) is 0.959. The number of carbonyl (C=O) groups is 2. The summed E-state index contributed by atoms with van der Waals surface area (Å²) in [6.45, 7) is 14.5. The zero-order chi connectivity index (χ0) is 16.7. The Labute approximate surface area is 129 Å². The summed E-state index contributed by atoms with van der Waals surface area (Å²) in [5.74, 6) is 0.156. The number of carbonyl (C=O) groups excluding carboxylic acids is 2. The second-order valence-electron chi connectivity index (χ2n) is 7.06. The lowest BCUT2D eigenvalue weighted by atomic mass is 9.98. The minimum atomic E-state index is -0.758. The molecule has 0 saturated heterocycles. The van der Waals surface area contributed by atoms with Crippen LogP contribution in [0, 0.1) is 5.92 Å². The molecule has 0 spiro atoms. The standard InChI is InChI=1S/C16H32N2O3/c1-8-16(7,14(20)21-15(4,5)6)18-10-9-13(19)17-11-12(2)3/h12,18H,8-11H2,1-7H3,(H,17,19). The minimum Gasteiger partial charge on any atom is -0.459 e. The van der Waals surface area contributed by atoms with Crippen LogP contribution in [0.4, 0.5) is 0 Å². The zero-order valence-electron chi connectivity index (χ0n) is 14.6. The van der Waals surface area contributed by atoms with Crippen molar-refractivity contribution in [2.75, 3.05) is 13.1 Å². The molecule has 0 rings (SSSR count). The molecule has 0 fully saturated rings. The van der Waals surface area contributed by atoms with E-state index in [1.54, 1.807) is 0 Å². The van der Waals surface area contributed by atoms with Crippen molar-refractivity contribution in [3.05, 3.63) is 0 Å². The predicted molar refractivity (Wildman–Crippen MR) is 85.0 cm³/mol. The molecular weight excluding hydrogens is 268 g/mol. The molecule has 2 N–H and O–H groups in total. The van der Waals surface area contributed by atoms with Gasteiger partial charge in [0.1, 0.15) is 11.1 Å². The van der Waals surface area contributed by atoms with Gasteiger partial charge >= 0.3 is 5.97 Å². The van der Waals surface area contributed by atoms with Crippen LogP contribution in [0.25, 0.3) is 0 Å². The van der Waals surface area contributed by atoms with Crippen molar-refractivity contribution in [2.45, 2.75) is 72.4 Å². The molecule has 0 aliphatic carbocycles. The fourth-order valence-corrected chi connectivity index (χ4v) is 1.59. The molecule has 5 nitrogen and oxygen atoms in total. The van der Waals surface area contributed by atoms with E-state index in [4.69, 9.17) is 4.74 Å². The molecule has 1 atom stereocenters. The Bertz CT molecular complexity index is 348. The van der Waals surface area contributed by atoms with E-state index in [1.165, 1.54) is 0 Å². The van der Waals surface area contributed by atoms with Gasteiger partial charge in [-0.25, -0.2) is 0 Å². The smallest absolute Gasteiger partial charge is 0.326 e. The summed E-state index contributed by atoms with van der Waals surface area (Å²) in [5, 5.41) is 6.01. The van der Waals surface area contributed by atoms with Crippen LogP contribution in [-0.2, 0) is 14.3 Å². The number of nitrogens with one attached hydrogen (secondary N) is 2. The Balaban J connectivity index is 4.30. The van der Waals surface area contributed by atoms with Gasteiger partial charge in [-0.3, -0.25) is 9.59 Å². The Morgan fingerprint density at radius 1 is 1.14 bits per heavy atom. The molecule has 124 valence electrons. The van der Waals surface area contributed by atoms with Crippen molar-refractivity contribution in [3.8, 4) is 0 Å². The third-order valence-electron chi connectivity index (χ3n) is 3.13. The molecule has 0 aromatic carbocycles. The van der Waals surface area contributed by atoms with E-state index < -0.39 is 11.1 Å². The number of hydrogen-bond acceptors (Lipinski definition) is 4. The van der Waals surface area contributed by atoms with Crippen LogP contribution in [0.3, 0.4) is 0 Å². The van der Waals surface area contributed by atoms with Gasteiger partial charge in [-0.2, -0.15) is 0 Å². The molecule has 0 aliphatic rings. The van der Waals surface area contributed by atoms with E-state index in [9.17, 15) is 9.59 Å². The first kappa shape index (κ1) is 19.9. The zero-order valence-corrected chi connectivity index (χ0v) is 14.6. The highest BCUT2D eigenvalue weighted by atomic mass is 16.6. The van der Waals surface area contributed by atoms with Crippen molar-refractivity contribution in [2.24, 2.45) is 5.92 Å². The van der Waals surface area contributed by atoms with E-state index in [-0.39, 0.29) is 11.9 Å². The summed E-state index contributed by atoms with van der Waals surface area (Å²) in [6, 6.07) is 0. The van der Waals surface area contributed by atoms with Crippen LogP contribution in [0.15, 0.2) is 0 Å². The maximum atomic E-state index is 12.2. The fourth-order valence-electron chi connectivity index (χ4n) is 1.59. The molecule has 0 heterocycles. The maximum Gasteiger partial charge on any atom is 0.326 e.